The highest BCUT2D eigenvalue weighted by molar-refractivity contribution is 7.11. The molecule has 3 aromatic rings. The summed E-state index contributed by atoms with van der Waals surface area (Å²) < 4.78 is 5.62. The van der Waals surface area contributed by atoms with Gasteiger partial charge in [0.1, 0.15) is 17.4 Å². The molecule has 0 bridgehead atoms. The molecule has 3 rings (SSSR count). The standard InChI is InChI=1S/C13H11NO2S/c1-8-14-7-12(17-8)13(15)11-6-9-4-2-3-5-10(9)16-11/h2-7,13,15H,1H3. The molecule has 2 aromatic heterocycles. The minimum atomic E-state index is -0.728. The van der Waals surface area contributed by atoms with Gasteiger partial charge in [-0.15, -0.1) is 11.3 Å². The summed E-state index contributed by atoms with van der Waals surface area (Å²) in [6.07, 6.45) is 0.964. The van der Waals surface area contributed by atoms with E-state index in [1.165, 1.54) is 11.3 Å². The molecule has 0 aliphatic heterocycles. The second-order valence-corrected chi connectivity index (χ2v) is 5.14. The molecule has 0 radical (unpaired) electrons. The molecule has 0 aliphatic carbocycles. The summed E-state index contributed by atoms with van der Waals surface area (Å²) in [5.74, 6) is 0.565. The zero-order valence-corrected chi connectivity index (χ0v) is 10.1. The Balaban J connectivity index is 2.03. The Morgan fingerprint density at radius 3 is 2.88 bits per heavy atom. The van der Waals surface area contributed by atoms with Gasteiger partial charge >= 0.3 is 0 Å². The first-order valence-electron chi connectivity index (χ1n) is 5.33. The van der Waals surface area contributed by atoms with Gasteiger partial charge in [-0.2, -0.15) is 0 Å². The first kappa shape index (κ1) is 10.5. The van der Waals surface area contributed by atoms with Gasteiger partial charge in [0.25, 0.3) is 0 Å². The maximum atomic E-state index is 10.2. The van der Waals surface area contributed by atoms with Gasteiger partial charge in [-0.25, -0.2) is 4.98 Å². The van der Waals surface area contributed by atoms with E-state index >= 15 is 0 Å². The van der Waals surface area contributed by atoms with E-state index in [9.17, 15) is 5.11 Å². The Kier molecular flexibility index (Phi) is 2.46. The Hall–Kier alpha value is -1.65. The zero-order valence-electron chi connectivity index (χ0n) is 9.25. The van der Waals surface area contributed by atoms with Crippen LogP contribution in [0.5, 0.6) is 0 Å². The summed E-state index contributed by atoms with van der Waals surface area (Å²) in [7, 11) is 0. The minimum Gasteiger partial charge on any atom is -0.458 e. The van der Waals surface area contributed by atoms with Gasteiger partial charge < -0.3 is 9.52 Å². The molecular weight excluding hydrogens is 234 g/mol. The number of benzene rings is 1. The highest BCUT2D eigenvalue weighted by atomic mass is 32.1. The Labute approximate surface area is 102 Å². The van der Waals surface area contributed by atoms with Crippen LogP contribution in [0.4, 0.5) is 0 Å². The smallest absolute Gasteiger partial charge is 0.147 e. The molecule has 1 unspecified atom stereocenters. The maximum Gasteiger partial charge on any atom is 0.147 e. The number of hydrogen-bond donors (Lipinski definition) is 1. The second-order valence-electron chi connectivity index (χ2n) is 3.87. The number of aryl methyl sites for hydroxylation is 1. The van der Waals surface area contributed by atoms with Crippen LogP contribution < -0.4 is 0 Å². The molecule has 1 atom stereocenters. The van der Waals surface area contributed by atoms with Crippen LogP contribution in [0.15, 0.2) is 40.9 Å². The first-order chi connectivity index (χ1) is 8.24. The lowest BCUT2D eigenvalue weighted by molar-refractivity contribution is 0.195. The number of aromatic nitrogens is 1. The number of aliphatic hydroxyl groups is 1. The number of aliphatic hydroxyl groups excluding tert-OH is 1. The van der Waals surface area contributed by atoms with Crippen LogP contribution in [0.1, 0.15) is 21.7 Å². The minimum absolute atomic E-state index is 0.565. The van der Waals surface area contributed by atoms with E-state index in [4.69, 9.17) is 4.42 Å². The molecule has 0 saturated carbocycles. The summed E-state index contributed by atoms with van der Waals surface area (Å²) in [5.41, 5.74) is 0.794. The number of rotatable bonds is 2. The van der Waals surface area contributed by atoms with Crippen LogP contribution in [0.2, 0.25) is 0 Å². The first-order valence-corrected chi connectivity index (χ1v) is 6.14. The van der Waals surface area contributed by atoms with Crippen molar-refractivity contribution in [1.29, 1.82) is 0 Å². The van der Waals surface area contributed by atoms with Gasteiger partial charge in [-0.05, 0) is 19.1 Å². The molecule has 0 amide bonds. The van der Waals surface area contributed by atoms with Gasteiger partial charge in [-0.1, -0.05) is 18.2 Å². The fraction of sp³-hybridized carbons (Fsp3) is 0.154. The van der Waals surface area contributed by atoms with E-state index < -0.39 is 6.10 Å². The summed E-state index contributed by atoms with van der Waals surface area (Å²) >= 11 is 1.48. The number of hydrogen-bond acceptors (Lipinski definition) is 4. The molecule has 0 fully saturated rings. The van der Waals surface area contributed by atoms with Crippen LogP contribution in [0.25, 0.3) is 11.0 Å². The van der Waals surface area contributed by atoms with Gasteiger partial charge in [0.05, 0.1) is 9.88 Å². The lowest BCUT2D eigenvalue weighted by Crippen LogP contribution is -1.94. The van der Waals surface area contributed by atoms with Crippen molar-refractivity contribution in [1.82, 2.24) is 4.98 Å². The fourth-order valence-electron chi connectivity index (χ4n) is 1.78. The molecule has 86 valence electrons. The van der Waals surface area contributed by atoms with Crippen LogP contribution in [0.3, 0.4) is 0 Å². The molecule has 17 heavy (non-hydrogen) atoms. The van der Waals surface area contributed by atoms with E-state index in [0.717, 1.165) is 20.9 Å². The Morgan fingerprint density at radius 2 is 2.18 bits per heavy atom. The van der Waals surface area contributed by atoms with Crippen molar-refractivity contribution < 1.29 is 9.52 Å². The molecule has 1 N–H and O–H groups in total. The van der Waals surface area contributed by atoms with E-state index in [2.05, 4.69) is 4.98 Å². The maximum absolute atomic E-state index is 10.2. The molecule has 0 spiro atoms. The number of para-hydroxylation sites is 1. The number of furan rings is 1. The quantitative estimate of drug-likeness (QED) is 0.753. The normalized spacial score (nSPS) is 13.1. The van der Waals surface area contributed by atoms with Crippen molar-refractivity contribution in [2.45, 2.75) is 13.0 Å². The van der Waals surface area contributed by atoms with Crippen molar-refractivity contribution in [3.8, 4) is 0 Å². The molecule has 2 heterocycles. The molecule has 0 saturated heterocycles. The van der Waals surface area contributed by atoms with Crippen molar-refractivity contribution in [3.05, 3.63) is 52.2 Å². The lowest BCUT2D eigenvalue weighted by atomic mass is 10.2. The highest BCUT2D eigenvalue weighted by Gasteiger charge is 2.17. The van der Waals surface area contributed by atoms with Crippen molar-refractivity contribution in [2.75, 3.05) is 0 Å². The molecule has 0 aliphatic rings. The Bertz CT molecular complexity index is 623. The van der Waals surface area contributed by atoms with Crippen LogP contribution >= 0.6 is 11.3 Å². The predicted octanol–water partition coefficient (Wildman–Crippen LogP) is 3.28. The van der Waals surface area contributed by atoms with Gasteiger partial charge in [0.2, 0.25) is 0 Å². The second kappa shape index (κ2) is 3.98. The fourth-order valence-corrected chi connectivity index (χ4v) is 2.56. The average molecular weight is 245 g/mol. The SMILES string of the molecule is Cc1ncc(C(O)c2cc3ccccc3o2)s1. The van der Waals surface area contributed by atoms with Crippen molar-refractivity contribution in [2.24, 2.45) is 0 Å². The monoisotopic (exact) mass is 245 g/mol. The van der Waals surface area contributed by atoms with E-state index in [-0.39, 0.29) is 0 Å². The van der Waals surface area contributed by atoms with Gasteiger partial charge in [0, 0.05) is 11.6 Å². The largest absolute Gasteiger partial charge is 0.458 e. The van der Waals surface area contributed by atoms with Crippen LogP contribution in [-0.2, 0) is 0 Å². The van der Waals surface area contributed by atoms with E-state index in [1.54, 1.807) is 6.20 Å². The van der Waals surface area contributed by atoms with E-state index in [0.29, 0.717) is 5.76 Å². The summed E-state index contributed by atoms with van der Waals surface area (Å²) in [5, 5.41) is 12.1. The lowest BCUT2D eigenvalue weighted by Gasteiger charge is -2.02. The number of fused-ring (bicyclic) bond motifs is 1. The molecule has 4 heteroatoms. The summed E-state index contributed by atoms with van der Waals surface area (Å²) in [6.45, 7) is 1.92. The average Bonchev–Trinajstić information content (AvgIpc) is 2.93. The van der Waals surface area contributed by atoms with E-state index in [1.807, 2.05) is 37.3 Å². The third kappa shape index (κ3) is 1.85. The van der Waals surface area contributed by atoms with Crippen LogP contribution in [0, 0.1) is 6.92 Å². The highest BCUT2D eigenvalue weighted by Crippen LogP contribution is 2.30. The predicted molar refractivity (Wildman–Crippen MR) is 67.1 cm³/mol. The van der Waals surface area contributed by atoms with Crippen LogP contribution in [-0.4, -0.2) is 10.1 Å². The zero-order chi connectivity index (χ0) is 11.8. The summed E-state index contributed by atoms with van der Waals surface area (Å²) in [4.78, 5) is 4.94. The number of nitrogens with zero attached hydrogens (tertiary/aromatic N) is 1. The summed E-state index contributed by atoms with van der Waals surface area (Å²) in [6, 6.07) is 9.59. The van der Waals surface area contributed by atoms with Gasteiger partial charge in [-0.3, -0.25) is 0 Å². The molecular formula is C13H11NO2S. The molecule has 3 nitrogen and oxygen atoms in total. The van der Waals surface area contributed by atoms with Gasteiger partial charge in [0.15, 0.2) is 0 Å². The number of thiazole rings is 1. The molecule has 1 aromatic carbocycles. The topological polar surface area (TPSA) is 46.3 Å². The Morgan fingerprint density at radius 1 is 1.35 bits per heavy atom. The van der Waals surface area contributed by atoms with Crippen molar-refractivity contribution >= 4 is 22.3 Å². The third-order valence-electron chi connectivity index (χ3n) is 2.62. The third-order valence-corrected chi connectivity index (χ3v) is 3.59. The van der Waals surface area contributed by atoms with Crippen molar-refractivity contribution in [3.63, 3.8) is 0 Å².